The molecule has 0 unspecified atom stereocenters. The van der Waals surface area contributed by atoms with Crippen molar-refractivity contribution in [1.29, 1.82) is 0 Å². The van der Waals surface area contributed by atoms with Crippen molar-refractivity contribution < 1.29 is 9.53 Å². The lowest BCUT2D eigenvalue weighted by atomic mass is 10.3. The topological polar surface area (TPSA) is 26.3 Å². The van der Waals surface area contributed by atoms with Crippen LogP contribution in [0.3, 0.4) is 0 Å². The van der Waals surface area contributed by atoms with Gasteiger partial charge < -0.3 is 4.74 Å². The predicted octanol–water partition coefficient (Wildman–Crippen LogP) is 3.29. The summed E-state index contributed by atoms with van der Waals surface area (Å²) in [6, 6.07) is 9.83. The maximum atomic E-state index is 11.3. The zero-order chi connectivity index (χ0) is 11.8. The smallest absolute Gasteiger partial charge is 0.316 e. The number of ether oxygens (including phenoxy) is 1. The highest BCUT2D eigenvalue weighted by Gasteiger charge is 2.02. The Kier molecular flexibility index (Phi) is 5.72. The van der Waals surface area contributed by atoms with Crippen molar-refractivity contribution >= 4 is 17.7 Å². The molecule has 0 heterocycles. The molecule has 0 amide bonds. The molecule has 0 saturated carbocycles. The van der Waals surface area contributed by atoms with E-state index in [0.717, 1.165) is 10.5 Å². The molecule has 0 radical (unpaired) electrons. The van der Waals surface area contributed by atoms with Gasteiger partial charge in [0.2, 0.25) is 0 Å². The van der Waals surface area contributed by atoms with Crippen LogP contribution in [0.4, 0.5) is 0 Å². The predicted molar refractivity (Wildman–Crippen MR) is 67.6 cm³/mol. The molecule has 1 aromatic rings. The van der Waals surface area contributed by atoms with E-state index in [-0.39, 0.29) is 5.97 Å². The number of esters is 1. The van der Waals surface area contributed by atoms with E-state index in [2.05, 4.69) is 0 Å². The largest absolute Gasteiger partial charge is 0.461 e. The lowest BCUT2D eigenvalue weighted by Gasteiger charge is -2.02. The molecule has 1 aromatic carbocycles. The van der Waals surface area contributed by atoms with Crippen LogP contribution < -0.4 is 0 Å². The number of rotatable bonds is 5. The summed E-state index contributed by atoms with van der Waals surface area (Å²) in [5.41, 5.74) is 1.16. The second kappa shape index (κ2) is 7.12. The summed E-state index contributed by atoms with van der Waals surface area (Å²) in [4.78, 5) is 12.4. The standard InChI is InChI=1S/C13H16O2S/c1-11(2)8-9-15-13(14)10-16-12-6-4-3-5-7-12/h3-8H,9-10H2,1-2H3. The SMILES string of the molecule is CC(C)=CCOC(=O)CSc1ccccc1. The minimum atomic E-state index is -0.175. The molecule has 0 aliphatic rings. The van der Waals surface area contributed by atoms with Crippen molar-refractivity contribution in [1.82, 2.24) is 0 Å². The van der Waals surface area contributed by atoms with Gasteiger partial charge in [-0.1, -0.05) is 23.8 Å². The van der Waals surface area contributed by atoms with Crippen LogP contribution in [0.15, 0.2) is 46.9 Å². The Morgan fingerprint density at radius 1 is 1.31 bits per heavy atom. The summed E-state index contributed by atoms with van der Waals surface area (Å²) in [5, 5.41) is 0. The second-order valence-electron chi connectivity index (χ2n) is 3.57. The molecule has 0 saturated heterocycles. The highest BCUT2D eigenvalue weighted by Crippen LogP contribution is 2.16. The molecular formula is C13H16O2S. The third-order valence-electron chi connectivity index (χ3n) is 1.84. The first kappa shape index (κ1) is 12.8. The van der Waals surface area contributed by atoms with Crippen molar-refractivity contribution in [3.63, 3.8) is 0 Å². The van der Waals surface area contributed by atoms with Gasteiger partial charge in [0.25, 0.3) is 0 Å². The minimum absolute atomic E-state index is 0.175. The number of benzene rings is 1. The van der Waals surface area contributed by atoms with Crippen molar-refractivity contribution in [3.8, 4) is 0 Å². The lowest BCUT2D eigenvalue weighted by molar-refractivity contribution is -0.139. The fraction of sp³-hybridized carbons (Fsp3) is 0.308. The molecule has 1 rings (SSSR count). The number of hydrogen-bond acceptors (Lipinski definition) is 3. The van der Waals surface area contributed by atoms with Gasteiger partial charge in [-0.25, -0.2) is 0 Å². The Morgan fingerprint density at radius 3 is 2.62 bits per heavy atom. The van der Waals surface area contributed by atoms with Gasteiger partial charge in [0, 0.05) is 4.90 Å². The lowest BCUT2D eigenvalue weighted by Crippen LogP contribution is -2.07. The van der Waals surface area contributed by atoms with Gasteiger partial charge >= 0.3 is 5.97 Å². The average molecular weight is 236 g/mol. The average Bonchev–Trinajstić information content (AvgIpc) is 2.27. The van der Waals surface area contributed by atoms with Crippen LogP contribution in [-0.4, -0.2) is 18.3 Å². The van der Waals surface area contributed by atoms with Crippen molar-refractivity contribution in [3.05, 3.63) is 42.0 Å². The van der Waals surface area contributed by atoms with Crippen LogP contribution in [0.2, 0.25) is 0 Å². The minimum Gasteiger partial charge on any atom is -0.461 e. The van der Waals surface area contributed by atoms with Gasteiger partial charge in [0.1, 0.15) is 6.61 Å². The summed E-state index contributed by atoms with van der Waals surface area (Å²) >= 11 is 1.49. The zero-order valence-corrected chi connectivity index (χ0v) is 10.4. The maximum Gasteiger partial charge on any atom is 0.316 e. The van der Waals surface area contributed by atoms with E-state index >= 15 is 0 Å². The third-order valence-corrected chi connectivity index (χ3v) is 2.82. The highest BCUT2D eigenvalue weighted by molar-refractivity contribution is 8.00. The van der Waals surface area contributed by atoms with Gasteiger partial charge in [-0.15, -0.1) is 11.8 Å². The van der Waals surface area contributed by atoms with Gasteiger partial charge in [-0.2, -0.15) is 0 Å². The molecule has 0 aliphatic heterocycles. The van der Waals surface area contributed by atoms with E-state index in [1.807, 2.05) is 50.3 Å². The first-order valence-electron chi connectivity index (χ1n) is 5.15. The van der Waals surface area contributed by atoms with Crippen LogP contribution in [0.5, 0.6) is 0 Å². The van der Waals surface area contributed by atoms with Crippen molar-refractivity contribution in [2.75, 3.05) is 12.4 Å². The molecule has 0 aliphatic carbocycles. The van der Waals surface area contributed by atoms with Gasteiger partial charge in [0.05, 0.1) is 5.75 Å². The Hall–Kier alpha value is -1.22. The molecule has 3 heteroatoms. The van der Waals surface area contributed by atoms with Crippen LogP contribution in [0.1, 0.15) is 13.8 Å². The molecule has 16 heavy (non-hydrogen) atoms. The van der Waals surface area contributed by atoms with Crippen LogP contribution in [0.25, 0.3) is 0 Å². The fourth-order valence-electron chi connectivity index (χ4n) is 1.00. The zero-order valence-electron chi connectivity index (χ0n) is 9.60. The Balaban J connectivity index is 2.23. The molecule has 0 bridgehead atoms. The molecule has 0 spiro atoms. The molecule has 86 valence electrons. The summed E-state index contributed by atoms with van der Waals surface area (Å²) in [7, 11) is 0. The van der Waals surface area contributed by atoms with Crippen LogP contribution >= 0.6 is 11.8 Å². The third kappa shape index (κ3) is 5.61. The number of carbonyl (C=O) groups excluding carboxylic acids is 1. The maximum absolute atomic E-state index is 11.3. The quantitative estimate of drug-likeness (QED) is 0.446. The van der Waals surface area contributed by atoms with Crippen LogP contribution in [-0.2, 0) is 9.53 Å². The second-order valence-corrected chi connectivity index (χ2v) is 4.61. The summed E-state index contributed by atoms with van der Waals surface area (Å²) < 4.78 is 5.04. The van der Waals surface area contributed by atoms with Gasteiger partial charge in [-0.05, 0) is 32.1 Å². The van der Waals surface area contributed by atoms with Gasteiger partial charge in [0.15, 0.2) is 0 Å². The Labute approximate surface area is 101 Å². The van der Waals surface area contributed by atoms with E-state index in [0.29, 0.717) is 12.4 Å². The fourth-order valence-corrected chi connectivity index (χ4v) is 1.72. The number of hydrogen-bond donors (Lipinski definition) is 0. The van der Waals surface area contributed by atoms with Crippen molar-refractivity contribution in [2.45, 2.75) is 18.7 Å². The summed E-state index contributed by atoms with van der Waals surface area (Å²) in [6.45, 7) is 4.33. The monoisotopic (exact) mass is 236 g/mol. The number of allylic oxidation sites excluding steroid dienone is 1. The number of carbonyl (C=O) groups is 1. The number of thioether (sulfide) groups is 1. The van der Waals surface area contributed by atoms with E-state index in [1.165, 1.54) is 11.8 Å². The molecular weight excluding hydrogens is 220 g/mol. The molecule has 0 N–H and O–H groups in total. The van der Waals surface area contributed by atoms with E-state index in [1.54, 1.807) is 0 Å². The first-order chi connectivity index (χ1) is 7.68. The molecule has 0 atom stereocenters. The molecule has 0 aromatic heterocycles. The van der Waals surface area contributed by atoms with Gasteiger partial charge in [-0.3, -0.25) is 4.79 Å². The Morgan fingerprint density at radius 2 is 2.00 bits per heavy atom. The normalized spacial score (nSPS) is 9.62. The van der Waals surface area contributed by atoms with E-state index in [4.69, 9.17) is 4.74 Å². The Bertz CT molecular complexity index is 353. The van der Waals surface area contributed by atoms with E-state index < -0.39 is 0 Å². The van der Waals surface area contributed by atoms with Crippen LogP contribution in [0, 0.1) is 0 Å². The van der Waals surface area contributed by atoms with Crippen molar-refractivity contribution in [2.24, 2.45) is 0 Å². The molecule has 2 nitrogen and oxygen atoms in total. The van der Waals surface area contributed by atoms with E-state index in [9.17, 15) is 4.79 Å². The summed E-state index contributed by atoms with van der Waals surface area (Å²) in [6.07, 6.45) is 1.89. The summed E-state index contributed by atoms with van der Waals surface area (Å²) in [5.74, 6) is 0.187. The first-order valence-corrected chi connectivity index (χ1v) is 6.14. The highest BCUT2D eigenvalue weighted by atomic mass is 32.2. The molecule has 0 fully saturated rings.